The van der Waals surface area contributed by atoms with Crippen LogP contribution in [-0.2, 0) is 9.53 Å². The van der Waals surface area contributed by atoms with E-state index in [1.807, 2.05) is 6.92 Å². The van der Waals surface area contributed by atoms with Gasteiger partial charge >= 0.3 is 5.97 Å². The Balaban J connectivity index is 3.11. The molecule has 0 radical (unpaired) electrons. The quantitative estimate of drug-likeness (QED) is 0.150. The lowest BCUT2D eigenvalue weighted by Crippen LogP contribution is -2.17. The van der Waals surface area contributed by atoms with Crippen molar-refractivity contribution < 1.29 is 14.6 Å². The minimum Gasteiger partial charge on any atom is -0.463 e. The molecule has 0 rings (SSSR count). The van der Waals surface area contributed by atoms with E-state index in [0.29, 0.717) is 12.8 Å². The molecular weight excluding hydrogens is 348 g/mol. The molecule has 0 aromatic carbocycles. The fourth-order valence-electron chi connectivity index (χ4n) is 3.55. The summed E-state index contributed by atoms with van der Waals surface area (Å²) in [6.07, 6.45) is 25.0. The predicted octanol–water partition coefficient (Wildman–Crippen LogP) is 7.73. The van der Waals surface area contributed by atoms with E-state index in [2.05, 4.69) is 6.92 Å². The Labute approximate surface area is 176 Å². The minimum atomic E-state index is -0.510. The Kier molecular flexibility index (Phi) is 22.3. The standard InChI is InChI=1S/C25H50O3/c1-3-5-6-7-8-9-10-11-12-13-14-15-16-17-18-19-20-21-22-25(27)28-23-24(26)4-2/h24,26H,3-23H2,1-2H3. The average Bonchev–Trinajstić information content (AvgIpc) is 2.71. The number of unbranched alkanes of at least 4 members (excludes halogenated alkanes) is 17. The van der Waals surface area contributed by atoms with Gasteiger partial charge in [-0.05, 0) is 12.8 Å². The van der Waals surface area contributed by atoms with E-state index in [0.717, 1.165) is 12.8 Å². The van der Waals surface area contributed by atoms with Crippen LogP contribution in [0.4, 0.5) is 0 Å². The predicted molar refractivity (Wildman–Crippen MR) is 121 cm³/mol. The molecule has 0 spiro atoms. The lowest BCUT2D eigenvalue weighted by molar-refractivity contribution is -0.146. The number of esters is 1. The molecule has 0 heterocycles. The van der Waals surface area contributed by atoms with Crippen LogP contribution in [0.15, 0.2) is 0 Å². The van der Waals surface area contributed by atoms with Crippen molar-refractivity contribution >= 4 is 5.97 Å². The summed E-state index contributed by atoms with van der Waals surface area (Å²) in [4.78, 5) is 11.5. The van der Waals surface area contributed by atoms with E-state index in [4.69, 9.17) is 4.74 Å². The van der Waals surface area contributed by atoms with Crippen LogP contribution in [0.5, 0.6) is 0 Å². The van der Waals surface area contributed by atoms with Gasteiger partial charge in [0.15, 0.2) is 0 Å². The second-order valence-electron chi connectivity index (χ2n) is 8.51. The summed E-state index contributed by atoms with van der Waals surface area (Å²) in [6.45, 7) is 4.31. The molecule has 0 saturated carbocycles. The van der Waals surface area contributed by atoms with Crippen LogP contribution < -0.4 is 0 Å². The molecule has 0 aliphatic rings. The molecule has 0 aliphatic heterocycles. The summed E-state index contributed by atoms with van der Waals surface area (Å²) in [6, 6.07) is 0. The molecule has 0 bridgehead atoms. The van der Waals surface area contributed by atoms with Crippen LogP contribution in [0.3, 0.4) is 0 Å². The number of carbonyl (C=O) groups excluding carboxylic acids is 1. The number of ether oxygens (including phenoxy) is 1. The first kappa shape index (κ1) is 27.4. The topological polar surface area (TPSA) is 46.5 Å². The third-order valence-corrected chi connectivity index (χ3v) is 5.64. The molecule has 0 aromatic heterocycles. The van der Waals surface area contributed by atoms with Gasteiger partial charge in [-0.3, -0.25) is 4.79 Å². The van der Waals surface area contributed by atoms with Crippen LogP contribution in [0.2, 0.25) is 0 Å². The molecular formula is C25H50O3. The maximum atomic E-state index is 11.5. The van der Waals surface area contributed by atoms with Crippen molar-refractivity contribution in [3.05, 3.63) is 0 Å². The molecule has 0 aromatic rings. The van der Waals surface area contributed by atoms with Gasteiger partial charge in [0.05, 0.1) is 6.10 Å². The van der Waals surface area contributed by atoms with Crippen molar-refractivity contribution in [2.75, 3.05) is 6.61 Å². The Morgan fingerprint density at radius 1 is 0.643 bits per heavy atom. The normalized spacial score (nSPS) is 12.2. The van der Waals surface area contributed by atoms with E-state index in [1.54, 1.807) is 0 Å². The number of carbonyl (C=O) groups is 1. The van der Waals surface area contributed by atoms with Crippen molar-refractivity contribution in [3.8, 4) is 0 Å². The zero-order valence-corrected chi connectivity index (χ0v) is 19.2. The van der Waals surface area contributed by atoms with Crippen LogP contribution >= 0.6 is 0 Å². The van der Waals surface area contributed by atoms with Gasteiger partial charge in [0.2, 0.25) is 0 Å². The first-order chi connectivity index (χ1) is 13.7. The van der Waals surface area contributed by atoms with Crippen LogP contribution in [0.1, 0.15) is 142 Å². The highest BCUT2D eigenvalue weighted by Gasteiger charge is 2.06. The molecule has 0 saturated heterocycles. The van der Waals surface area contributed by atoms with Gasteiger partial charge in [-0.1, -0.05) is 123 Å². The maximum Gasteiger partial charge on any atom is 0.305 e. The van der Waals surface area contributed by atoms with Crippen LogP contribution in [0, 0.1) is 0 Å². The molecule has 0 aliphatic carbocycles. The van der Waals surface area contributed by atoms with Gasteiger partial charge in [-0.25, -0.2) is 0 Å². The zero-order chi connectivity index (χ0) is 20.7. The molecule has 3 nitrogen and oxygen atoms in total. The SMILES string of the molecule is CCCCCCCCCCCCCCCCCCCCC(=O)OCC(O)CC. The summed E-state index contributed by atoms with van der Waals surface area (Å²) in [5, 5.41) is 9.36. The second kappa shape index (κ2) is 22.7. The summed E-state index contributed by atoms with van der Waals surface area (Å²) < 4.78 is 5.04. The van der Waals surface area contributed by atoms with E-state index in [-0.39, 0.29) is 12.6 Å². The number of aliphatic hydroxyl groups excluding tert-OH is 1. The molecule has 28 heavy (non-hydrogen) atoms. The zero-order valence-electron chi connectivity index (χ0n) is 19.2. The molecule has 0 fully saturated rings. The van der Waals surface area contributed by atoms with Crippen molar-refractivity contribution in [1.29, 1.82) is 0 Å². The van der Waals surface area contributed by atoms with E-state index < -0.39 is 6.10 Å². The smallest absolute Gasteiger partial charge is 0.305 e. The van der Waals surface area contributed by atoms with Gasteiger partial charge in [0, 0.05) is 6.42 Å². The van der Waals surface area contributed by atoms with Gasteiger partial charge in [-0.2, -0.15) is 0 Å². The largest absolute Gasteiger partial charge is 0.463 e. The van der Waals surface area contributed by atoms with Gasteiger partial charge in [0.25, 0.3) is 0 Å². The fraction of sp³-hybridized carbons (Fsp3) is 0.960. The lowest BCUT2D eigenvalue weighted by Gasteiger charge is -2.08. The first-order valence-corrected chi connectivity index (χ1v) is 12.5. The Bertz CT molecular complexity index is 317. The van der Waals surface area contributed by atoms with Gasteiger partial charge in [-0.15, -0.1) is 0 Å². The monoisotopic (exact) mass is 398 g/mol. The Morgan fingerprint density at radius 2 is 1.00 bits per heavy atom. The Hall–Kier alpha value is -0.570. The van der Waals surface area contributed by atoms with Crippen molar-refractivity contribution in [2.24, 2.45) is 0 Å². The van der Waals surface area contributed by atoms with Gasteiger partial charge in [0.1, 0.15) is 6.61 Å². The highest BCUT2D eigenvalue weighted by Crippen LogP contribution is 2.14. The second-order valence-corrected chi connectivity index (χ2v) is 8.51. The average molecular weight is 399 g/mol. The van der Waals surface area contributed by atoms with Crippen molar-refractivity contribution in [3.63, 3.8) is 0 Å². The summed E-state index contributed by atoms with van der Waals surface area (Å²) in [7, 11) is 0. The van der Waals surface area contributed by atoms with Crippen LogP contribution in [-0.4, -0.2) is 23.8 Å². The minimum absolute atomic E-state index is 0.147. The van der Waals surface area contributed by atoms with Crippen LogP contribution in [0.25, 0.3) is 0 Å². The van der Waals surface area contributed by atoms with Gasteiger partial charge < -0.3 is 9.84 Å². The third kappa shape index (κ3) is 21.7. The molecule has 1 atom stereocenters. The maximum absolute atomic E-state index is 11.5. The molecule has 3 heteroatoms. The molecule has 1 N–H and O–H groups in total. The van der Waals surface area contributed by atoms with E-state index in [9.17, 15) is 9.90 Å². The highest BCUT2D eigenvalue weighted by atomic mass is 16.5. The number of aliphatic hydroxyl groups is 1. The molecule has 168 valence electrons. The third-order valence-electron chi connectivity index (χ3n) is 5.64. The summed E-state index contributed by atoms with van der Waals surface area (Å²) in [5.41, 5.74) is 0. The van der Waals surface area contributed by atoms with E-state index in [1.165, 1.54) is 103 Å². The fourth-order valence-corrected chi connectivity index (χ4v) is 3.55. The van der Waals surface area contributed by atoms with Crippen molar-refractivity contribution in [2.45, 2.75) is 148 Å². The number of hydrogen-bond acceptors (Lipinski definition) is 3. The lowest BCUT2D eigenvalue weighted by atomic mass is 10.0. The number of rotatable bonds is 22. The molecule has 0 amide bonds. The molecule has 1 unspecified atom stereocenters. The Morgan fingerprint density at radius 3 is 1.36 bits per heavy atom. The summed E-state index contributed by atoms with van der Waals surface area (Å²) >= 11 is 0. The highest BCUT2D eigenvalue weighted by molar-refractivity contribution is 5.69. The van der Waals surface area contributed by atoms with E-state index >= 15 is 0 Å². The summed E-state index contributed by atoms with van der Waals surface area (Å²) in [5.74, 6) is -0.163. The first-order valence-electron chi connectivity index (χ1n) is 12.5. The number of hydrogen-bond donors (Lipinski definition) is 1. The van der Waals surface area contributed by atoms with Crippen molar-refractivity contribution in [1.82, 2.24) is 0 Å².